The second kappa shape index (κ2) is 5.84. The van der Waals surface area contributed by atoms with Crippen molar-refractivity contribution in [1.82, 2.24) is 0 Å². The Morgan fingerprint density at radius 3 is 2.17 bits per heavy atom. The number of nitrogens with two attached hydrogens (primary N) is 1. The van der Waals surface area contributed by atoms with Crippen LogP contribution < -0.4 is 5.73 Å². The first-order chi connectivity index (χ1) is 11.2. The summed E-state index contributed by atoms with van der Waals surface area (Å²) in [5.74, 6) is -2.15. The maximum atomic E-state index is 12.9. The van der Waals surface area contributed by atoms with E-state index in [1.807, 2.05) is 0 Å². The van der Waals surface area contributed by atoms with Crippen molar-refractivity contribution < 1.29 is 18.3 Å². The first-order valence-corrected chi connectivity index (χ1v) is 9.68. The summed E-state index contributed by atoms with van der Waals surface area (Å²) in [6.07, 6.45) is 0. The van der Waals surface area contributed by atoms with Crippen LogP contribution in [0.4, 0.5) is 0 Å². The molecule has 126 valence electrons. The molecule has 0 aliphatic heterocycles. The summed E-state index contributed by atoms with van der Waals surface area (Å²) >= 11 is 9.08. The number of sulfone groups is 1. The molecule has 0 spiro atoms. The molecule has 1 aliphatic rings. The lowest BCUT2D eigenvalue weighted by atomic mass is 10.1. The van der Waals surface area contributed by atoms with Gasteiger partial charge in [-0.15, -0.1) is 0 Å². The summed E-state index contributed by atoms with van der Waals surface area (Å²) in [6, 6.07) is 12.4. The zero-order valence-corrected chi connectivity index (χ0v) is 15.3. The number of carbonyl (C=O) groups is 1. The minimum Gasteiger partial charge on any atom is -0.480 e. The Morgan fingerprint density at radius 2 is 1.67 bits per heavy atom. The van der Waals surface area contributed by atoms with Crippen molar-refractivity contribution in [2.45, 2.75) is 21.6 Å². The summed E-state index contributed by atoms with van der Waals surface area (Å²) in [7, 11) is -3.92. The topological polar surface area (TPSA) is 97.5 Å². The van der Waals surface area contributed by atoms with Gasteiger partial charge in [-0.25, -0.2) is 8.42 Å². The standard InChI is InChI=1S/C16H13BrClNO4S/c17-10-3-1-9(2-4-10)13-14(16(13,19)15(20)21)24(22,23)12-7-5-11(18)6-8-12/h1-8,13-14H,19H2,(H,20,21)/t13-,14-,16+/m0/s1. The molecular formula is C16H13BrClNO4S. The quantitative estimate of drug-likeness (QED) is 0.777. The summed E-state index contributed by atoms with van der Waals surface area (Å²) in [4.78, 5) is 11.7. The van der Waals surface area contributed by atoms with E-state index in [9.17, 15) is 18.3 Å². The largest absolute Gasteiger partial charge is 0.480 e. The van der Waals surface area contributed by atoms with Crippen LogP contribution in [0.5, 0.6) is 0 Å². The monoisotopic (exact) mass is 429 g/mol. The van der Waals surface area contributed by atoms with E-state index in [2.05, 4.69) is 15.9 Å². The van der Waals surface area contributed by atoms with Gasteiger partial charge in [0.1, 0.15) is 10.8 Å². The van der Waals surface area contributed by atoms with E-state index in [1.54, 1.807) is 24.3 Å². The number of hydrogen-bond donors (Lipinski definition) is 2. The Labute approximate surface area is 152 Å². The van der Waals surface area contributed by atoms with Crippen molar-refractivity contribution in [3.8, 4) is 0 Å². The molecule has 1 aliphatic carbocycles. The molecule has 0 amide bonds. The Hall–Kier alpha value is -1.41. The van der Waals surface area contributed by atoms with Crippen molar-refractivity contribution in [1.29, 1.82) is 0 Å². The lowest BCUT2D eigenvalue weighted by molar-refractivity contribution is -0.139. The van der Waals surface area contributed by atoms with Crippen molar-refractivity contribution in [3.63, 3.8) is 0 Å². The summed E-state index contributed by atoms with van der Waals surface area (Å²) in [6.45, 7) is 0. The molecule has 0 aromatic heterocycles. The van der Waals surface area contributed by atoms with Gasteiger partial charge in [0.25, 0.3) is 0 Å². The van der Waals surface area contributed by atoms with E-state index in [-0.39, 0.29) is 4.90 Å². The molecule has 3 atom stereocenters. The fourth-order valence-electron chi connectivity index (χ4n) is 2.96. The second-order valence-corrected chi connectivity index (χ2v) is 9.11. The minimum absolute atomic E-state index is 0.00702. The predicted molar refractivity (Wildman–Crippen MR) is 93.9 cm³/mol. The molecule has 0 saturated heterocycles. The minimum atomic E-state index is -3.92. The van der Waals surface area contributed by atoms with Crippen LogP contribution in [-0.4, -0.2) is 30.3 Å². The number of carboxylic acids is 1. The highest BCUT2D eigenvalue weighted by atomic mass is 79.9. The highest BCUT2D eigenvalue weighted by Gasteiger charge is 2.74. The van der Waals surface area contributed by atoms with E-state index in [4.69, 9.17) is 17.3 Å². The number of aliphatic carboxylic acids is 1. The van der Waals surface area contributed by atoms with Gasteiger partial charge < -0.3 is 10.8 Å². The van der Waals surface area contributed by atoms with Crippen molar-refractivity contribution in [3.05, 3.63) is 63.6 Å². The number of hydrogen-bond acceptors (Lipinski definition) is 4. The Morgan fingerprint density at radius 1 is 1.12 bits per heavy atom. The van der Waals surface area contributed by atoms with Crippen LogP contribution in [0.3, 0.4) is 0 Å². The molecule has 24 heavy (non-hydrogen) atoms. The van der Waals surface area contributed by atoms with Crippen LogP contribution in [-0.2, 0) is 14.6 Å². The fourth-order valence-corrected chi connectivity index (χ4v) is 5.58. The summed E-state index contributed by atoms with van der Waals surface area (Å²) in [5.41, 5.74) is 4.70. The van der Waals surface area contributed by atoms with Gasteiger partial charge in [0, 0.05) is 15.4 Å². The van der Waals surface area contributed by atoms with Crippen LogP contribution in [0, 0.1) is 0 Å². The summed E-state index contributed by atoms with van der Waals surface area (Å²) in [5, 5.41) is 8.67. The Balaban J connectivity index is 2.06. The Kier molecular flexibility index (Phi) is 4.24. The van der Waals surface area contributed by atoms with Crippen molar-refractivity contribution in [2.75, 3.05) is 0 Å². The Bertz CT molecular complexity index is 899. The van der Waals surface area contributed by atoms with E-state index < -0.39 is 32.5 Å². The van der Waals surface area contributed by atoms with Crippen LogP contribution in [0.15, 0.2) is 57.9 Å². The smallest absolute Gasteiger partial charge is 0.325 e. The predicted octanol–water partition coefficient (Wildman–Crippen LogP) is 2.82. The van der Waals surface area contributed by atoms with Gasteiger partial charge in [0.15, 0.2) is 9.84 Å². The zero-order valence-electron chi connectivity index (χ0n) is 12.2. The molecule has 2 aromatic rings. The molecule has 5 nitrogen and oxygen atoms in total. The molecule has 3 N–H and O–H groups in total. The lowest BCUT2D eigenvalue weighted by Gasteiger charge is -2.07. The molecule has 0 bridgehead atoms. The molecule has 0 heterocycles. The zero-order chi connectivity index (χ0) is 17.7. The number of benzene rings is 2. The first-order valence-electron chi connectivity index (χ1n) is 6.96. The van der Waals surface area contributed by atoms with Gasteiger partial charge in [0.05, 0.1) is 4.90 Å². The number of rotatable bonds is 4. The molecule has 2 aromatic carbocycles. The van der Waals surface area contributed by atoms with E-state index >= 15 is 0 Å². The van der Waals surface area contributed by atoms with E-state index in [0.717, 1.165) is 4.47 Å². The highest BCUT2D eigenvalue weighted by molar-refractivity contribution is 9.10. The third-order valence-electron chi connectivity index (χ3n) is 4.26. The van der Waals surface area contributed by atoms with Crippen molar-refractivity contribution >= 4 is 43.3 Å². The van der Waals surface area contributed by atoms with Crippen LogP contribution in [0.2, 0.25) is 5.02 Å². The summed E-state index contributed by atoms with van der Waals surface area (Å²) < 4.78 is 26.6. The SMILES string of the molecule is N[C@]1(C(=O)O)[C@@H](c2ccc(Br)cc2)[C@@H]1S(=O)(=O)c1ccc(Cl)cc1. The average molecular weight is 431 g/mol. The molecule has 0 radical (unpaired) electrons. The third-order valence-corrected chi connectivity index (χ3v) is 7.30. The highest BCUT2D eigenvalue weighted by Crippen LogP contribution is 2.55. The van der Waals surface area contributed by atoms with E-state index in [0.29, 0.717) is 10.6 Å². The van der Waals surface area contributed by atoms with Crippen LogP contribution in [0.1, 0.15) is 11.5 Å². The second-order valence-electron chi connectivity index (χ2n) is 5.69. The average Bonchev–Trinajstić information content (AvgIpc) is 3.17. The molecule has 0 unspecified atom stereocenters. The lowest BCUT2D eigenvalue weighted by Crippen LogP contribution is -2.39. The maximum Gasteiger partial charge on any atom is 0.325 e. The number of halogens is 2. The van der Waals surface area contributed by atoms with Gasteiger partial charge in [-0.2, -0.15) is 0 Å². The molecule has 1 saturated carbocycles. The van der Waals surface area contributed by atoms with Crippen molar-refractivity contribution in [2.24, 2.45) is 5.73 Å². The number of carboxylic acid groups (broad SMARTS) is 1. The van der Waals surface area contributed by atoms with Gasteiger partial charge in [-0.3, -0.25) is 4.79 Å². The van der Waals surface area contributed by atoms with Crippen LogP contribution in [0.25, 0.3) is 0 Å². The normalized spacial score (nSPS) is 26.1. The first kappa shape index (κ1) is 17.4. The van der Waals surface area contributed by atoms with Gasteiger partial charge in [-0.05, 0) is 42.0 Å². The molecule has 1 fully saturated rings. The van der Waals surface area contributed by atoms with Gasteiger partial charge in [0.2, 0.25) is 0 Å². The van der Waals surface area contributed by atoms with Gasteiger partial charge in [-0.1, -0.05) is 39.7 Å². The third kappa shape index (κ3) is 2.65. The molecule has 3 rings (SSSR count). The van der Waals surface area contributed by atoms with Crippen LogP contribution >= 0.6 is 27.5 Å². The maximum absolute atomic E-state index is 12.9. The molecule has 8 heteroatoms. The molecular weight excluding hydrogens is 418 g/mol. The van der Waals surface area contributed by atoms with Gasteiger partial charge >= 0.3 is 5.97 Å². The fraction of sp³-hybridized carbons (Fsp3) is 0.188. The van der Waals surface area contributed by atoms with E-state index in [1.165, 1.54) is 24.3 Å².